The molecule has 1 saturated heterocycles. The zero-order valence-corrected chi connectivity index (χ0v) is 13.3. The summed E-state index contributed by atoms with van der Waals surface area (Å²) in [4.78, 5) is 50.4. The maximum atomic E-state index is 12.9. The van der Waals surface area contributed by atoms with Gasteiger partial charge in [-0.25, -0.2) is 0 Å². The van der Waals surface area contributed by atoms with Crippen LogP contribution in [0.4, 0.5) is 0 Å². The molecule has 2 aliphatic heterocycles. The van der Waals surface area contributed by atoms with E-state index in [2.05, 4.69) is 5.32 Å². The smallest absolute Gasteiger partial charge is 0.262 e. The maximum Gasteiger partial charge on any atom is 0.262 e. The zero-order chi connectivity index (χ0) is 16.9. The molecular weight excluding hydrogens is 296 g/mol. The molecule has 23 heavy (non-hydrogen) atoms. The molecule has 1 aromatic carbocycles. The minimum atomic E-state index is -1.34. The lowest BCUT2D eigenvalue weighted by Crippen LogP contribution is -2.62. The highest BCUT2D eigenvalue weighted by molar-refractivity contribution is 6.24. The third-order valence-electron chi connectivity index (χ3n) is 4.64. The van der Waals surface area contributed by atoms with Crippen LogP contribution in [0.3, 0.4) is 0 Å². The average Bonchev–Trinajstić information content (AvgIpc) is 2.76. The molecular formula is C17H18N2O4. The molecule has 2 heterocycles. The number of fused-ring (bicyclic) bond motifs is 1. The molecule has 6 nitrogen and oxygen atoms in total. The van der Waals surface area contributed by atoms with E-state index in [1.807, 2.05) is 19.9 Å². The van der Waals surface area contributed by atoms with E-state index < -0.39 is 23.3 Å². The van der Waals surface area contributed by atoms with E-state index in [1.54, 1.807) is 12.1 Å². The standard InChI is InChI=1S/C17H18N2O4/c1-9(2)10-5-4-6-11-13(10)15(22)19(14(11)21)17(3)8-7-12(20)18-16(17)23/h4-6,9H,7-8H2,1-3H3,(H,18,20,23). The second-order valence-electron chi connectivity index (χ2n) is 6.52. The van der Waals surface area contributed by atoms with Crippen LogP contribution in [0, 0.1) is 0 Å². The Kier molecular flexibility index (Phi) is 3.35. The van der Waals surface area contributed by atoms with Crippen LogP contribution in [0.25, 0.3) is 0 Å². The van der Waals surface area contributed by atoms with E-state index in [9.17, 15) is 19.2 Å². The van der Waals surface area contributed by atoms with Crippen molar-refractivity contribution in [3.05, 3.63) is 34.9 Å². The Bertz CT molecular complexity index is 753. The Morgan fingerprint density at radius 3 is 2.43 bits per heavy atom. The quantitative estimate of drug-likeness (QED) is 0.841. The summed E-state index contributed by atoms with van der Waals surface area (Å²) in [5, 5.41) is 2.23. The average molecular weight is 314 g/mol. The molecule has 2 aliphatic rings. The summed E-state index contributed by atoms with van der Waals surface area (Å²) in [5.41, 5.74) is 0.153. The van der Waals surface area contributed by atoms with Crippen LogP contribution in [-0.2, 0) is 9.59 Å². The van der Waals surface area contributed by atoms with Crippen molar-refractivity contribution in [3.8, 4) is 0 Å². The molecule has 0 bridgehead atoms. The number of carbonyl (C=O) groups is 4. The molecule has 4 amide bonds. The van der Waals surface area contributed by atoms with Gasteiger partial charge in [-0.05, 0) is 30.9 Å². The third kappa shape index (κ3) is 2.09. The largest absolute Gasteiger partial charge is 0.294 e. The SMILES string of the molecule is CC(C)c1cccc2c1C(=O)N(C1(C)CCC(=O)NC1=O)C2=O. The lowest BCUT2D eigenvalue weighted by molar-refractivity contribution is -0.140. The fourth-order valence-corrected chi connectivity index (χ4v) is 3.25. The van der Waals surface area contributed by atoms with Crippen molar-refractivity contribution in [2.24, 2.45) is 0 Å². The first-order valence-corrected chi connectivity index (χ1v) is 7.63. The Hall–Kier alpha value is -2.50. The fourth-order valence-electron chi connectivity index (χ4n) is 3.25. The van der Waals surface area contributed by atoms with E-state index in [-0.39, 0.29) is 24.7 Å². The Balaban J connectivity index is 2.09. The van der Waals surface area contributed by atoms with Gasteiger partial charge in [-0.3, -0.25) is 29.4 Å². The van der Waals surface area contributed by atoms with Gasteiger partial charge in [0.05, 0.1) is 11.1 Å². The summed E-state index contributed by atoms with van der Waals surface area (Å²) in [5.74, 6) is -1.83. The van der Waals surface area contributed by atoms with E-state index >= 15 is 0 Å². The Morgan fingerprint density at radius 1 is 1.13 bits per heavy atom. The summed E-state index contributed by atoms with van der Waals surface area (Å²) in [6.45, 7) is 5.43. The predicted octanol–water partition coefficient (Wildman–Crippen LogP) is 1.60. The molecule has 0 radical (unpaired) electrons. The van der Waals surface area contributed by atoms with Gasteiger partial charge in [0, 0.05) is 6.42 Å². The molecule has 6 heteroatoms. The number of amides is 4. The summed E-state index contributed by atoms with van der Waals surface area (Å²) in [6, 6.07) is 5.18. The summed E-state index contributed by atoms with van der Waals surface area (Å²) in [6.07, 6.45) is 0.243. The van der Waals surface area contributed by atoms with Crippen LogP contribution >= 0.6 is 0 Å². The van der Waals surface area contributed by atoms with E-state index in [0.29, 0.717) is 11.1 Å². The Labute approximate surface area is 133 Å². The molecule has 120 valence electrons. The van der Waals surface area contributed by atoms with Gasteiger partial charge in [0.2, 0.25) is 5.91 Å². The molecule has 3 rings (SSSR count). The monoisotopic (exact) mass is 314 g/mol. The van der Waals surface area contributed by atoms with Crippen LogP contribution < -0.4 is 5.32 Å². The fraction of sp³-hybridized carbons (Fsp3) is 0.412. The van der Waals surface area contributed by atoms with Crippen LogP contribution in [-0.4, -0.2) is 34.1 Å². The highest BCUT2D eigenvalue weighted by Crippen LogP contribution is 2.36. The van der Waals surface area contributed by atoms with Gasteiger partial charge in [0.1, 0.15) is 5.54 Å². The number of benzene rings is 1. The van der Waals surface area contributed by atoms with Crippen molar-refractivity contribution in [2.75, 3.05) is 0 Å². The zero-order valence-electron chi connectivity index (χ0n) is 13.3. The molecule has 1 unspecified atom stereocenters. The molecule has 1 N–H and O–H groups in total. The molecule has 1 fully saturated rings. The molecule has 1 aromatic rings. The molecule has 0 spiro atoms. The number of imide groups is 2. The second-order valence-corrected chi connectivity index (χ2v) is 6.52. The van der Waals surface area contributed by atoms with E-state index in [1.165, 1.54) is 6.92 Å². The number of hydrogen-bond acceptors (Lipinski definition) is 4. The normalized spacial score (nSPS) is 24.3. The third-order valence-corrected chi connectivity index (χ3v) is 4.64. The predicted molar refractivity (Wildman–Crippen MR) is 81.8 cm³/mol. The number of nitrogens with one attached hydrogen (secondary N) is 1. The minimum absolute atomic E-state index is 0.0798. The summed E-state index contributed by atoms with van der Waals surface area (Å²) >= 11 is 0. The van der Waals surface area contributed by atoms with Crippen LogP contribution in [0.5, 0.6) is 0 Å². The van der Waals surface area contributed by atoms with Crippen LogP contribution in [0.15, 0.2) is 18.2 Å². The number of rotatable bonds is 2. The van der Waals surface area contributed by atoms with Gasteiger partial charge in [-0.2, -0.15) is 0 Å². The minimum Gasteiger partial charge on any atom is -0.294 e. The number of nitrogens with zero attached hydrogens (tertiary/aromatic N) is 1. The summed E-state index contributed by atoms with van der Waals surface area (Å²) in [7, 11) is 0. The first kappa shape index (κ1) is 15.4. The van der Waals surface area contributed by atoms with Gasteiger partial charge >= 0.3 is 0 Å². The highest BCUT2D eigenvalue weighted by atomic mass is 16.2. The molecule has 0 aromatic heterocycles. The van der Waals surface area contributed by atoms with Gasteiger partial charge < -0.3 is 0 Å². The summed E-state index contributed by atoms with van der Waals surface area (Å²) < 4.78 is 0. The van der Waals surface area contributed by atoms with Crippen molar-refractivity contribution < 1.29 is 19.2 Å². The van der Waals surface area contributed by atoms with Crippen molar-refractivity contribution in [2.45, 2.75) is 45.1 Å². The first-order valence-electron chi connectivity index (χ1n) is 7.63. The van der Waals surface area contributed by atoms with Gasteiger partial charge in [-0.1, -0.05) is 26.0 Å². The molecule has 1 atom stereocenters. The van der Waals surface area contributed by atoms with Crippen molar-refractivity contribution in [3.63, 3.8) is 0 Å². The first-order chi connectivity index (χ1) is 10.8. The number of hydrogen-bond donors (Lipinski definition) is 1. The van der Waals surface area contributed by atoms with Crippen LogP contribution in [0.1, 0.15) is 65.8 Å². The van der Waals surface area contributed by atoms with E-state index in [4.69, 9.17) is 0 Å². The molecule has 0 saturated carbocycles. The molecule has 0 aliphatic carbocycles. The van der Waals surface area contributed by atoms with Crippen molar-refractivity contribution in [1.82, 2.24) is 10.2 Å². The van der Waals surface area contributed by atoms with Gasteiger partial charge in [0.15, 0.2) is 0 Å². The maximum absolute atomic E-state index is 12.9. The number of piperidine rings is 1. The van der Waals surface area contributed by atoms with Gasteiger partial charge in [0.25, 0.3) is 17.7 Å². The van der Waals surface area contributed by atoms with Gasteiger partial charge in [-0.15, -0.1) is 0 Å². The van der Waals surface area contributed by atoms with Crippen molar-refractivity contribution >= 4 is 23.6 Å². The lowest BCUT2D eigenvalue weighted by Gasteiger charge is -2.38. The second kappa shape index (κ2) is 5.01. The Morgan fingerprint density at radius 2 is 1.83 bits per heavy atom. The van der Waals surface area contributed by atoms with Crippen LogP contribution in [0.2, 0.25) is 0 Å². The highest BCUT2D eigenvalue weighted by Gasteiger charge is 2.53. The lowest BCUT2D eigenvalue weighted by atomic mass is 9.89. The van der Waals surface area contributed by atoms with Crippen molar-refractivity contribution in [1.29, 1.82) is 0 Å². The van der Waals surface area contributed by atoms with E-state index in [0.717, 1.165) is 10.5 Å². The topological polar surface area (TPSA) is 83.6 Å². The number of carbonyl (C=O) groups excluding carboxylic acids is 4.